The molecule has 0 radical (unpaired) electrons. The number of hydrogen-bond donors (Lipinski definition) is 3. The summed E-state index contributed by atoms with van der Waals surface area (Å²) >= 11 is 0. The van der Waals surface area contributed by atoms with E-state index in [4.69, 9.17) is 0 Å². The molecule has 132 valence electrons. The molecule has 2 amide bonds. The van der Waals surface area contributed by atoms with E-state index in [0.29, 0.717) is 12.8 Å². The van der Waals surface area contributed by atoms with Gasteiger partial charge in [-0.15, -0.1) is 0 Å². The minimum absolute atomic E-state index is 0.145. The number of amides is 2. The van der Waals surface area contributed by atoms with Gasteiger partial charge in [0.05, 0.1) is 17.7 Å². The van der Waals surface area contributed by atoms with E-state index in [1.54, 1.807) is 13.2 Å². The van der Waals surface area contributed by atoms with Gasteiger partial charge < -0.3 is 15.7 Å². The van der Waals surface area contributed by atoms with Crippen LogP contribution in [0.4, 0.5) is 0 Å². The lowest BCUT2D eigenvalue weighted by molar-refractivity contribution is -0.127. The van der Waals surface area contributed by atoms with Crippen LogP contribution in [-0.2, 0) is 9.59 Å². The number of pyridine rings is 1. The van der Waals surface area contributed by atoms with Gasteiger partial charge in [0.15, 0.2) is 0 Å². The summed E-state index contributed by atoms with van der Waals surface area (Å²) in [6.07, 6.45) is 3.12. The van der Waals surface area contributed by atoms with Gasteiger partial charge >= 0.3 is 0 Å². The number of hydrogen-bond acceptors (Lipinski definition) is 4. The minimum atomic E-state index is -0.302. The second-order valence-corrected chi connectivity index (χ2v) is 6.57. The third kappa shape index (κ3) is 4.14. The molecule has 1 aromatic heterocycles. The Morgan fingerprint density at radius 3 is 2.68 bits per heavy atom. The summed E-state index contributed by atoms with van der Waals surface area (Å²) in [6.45, 7) is 0. The Labute approximate surface area is 146 Å². The lowest BCUT2D eigenvalue weighted by Gasteiger charge is -2.38. The zero-order chi connectivity index (χ0) is 17.8. The van der Waals surface area contributed by atoms with Crippen LogP contribution in [-0.4, -0.2) is 35.1 Å². The van der Waals surface area contributed by atoms with Crippen LogP contribution >= 0.6 is 0 Å². The van der Waals surface area contributed by atoms with Crippen molar-refractivity contribution >= 4 is 22.7 Å². The van der Waals surface area contributed by atoms with Gasteiger partial charge in [-0.1, -0.05) is 18.2 Å². The Balaban J connectivity index is 1.76. The molecule has 25 heavy (non-hydrogen) atoms. The molecule has 0 saturated heterocycles. The van der Waals surface area contributed by atoms with Crippen LogP contribution in [0.25, 0.3) is 10.9 Å². The Morgan fingerprint density at radius 2 is 1.96 bits per heavy atom. The maximum atomic E-state index is 12.3. The Morgan fingerprint density at radius 1 is 1.24 bits per heavy atom. The second kappa shape index (κ2) is 7.61. The Bertz CT molecular complexity index is 771. The third-order valence-electron chi connectivity index (χ3n) is 4.77. The summed E-state index contributed by atoms with van der Waals surface area (Å²) in [6, 6.07) is 9.68. The van der Waals surface area contributed by atoms with Crippen LogP contribution in [0.1, 0.15) is 37.3 Å². The average Bonchev–Trinajstić information content (AvgIpc) is 2.61. The molecule has 0 aliphatic heterocycles. The van der Waals surface area contributed by atoms with E-state index in [0.717, 1.165) is 16.5 Å². The fraction of sp³-hybridized carbons (Fsp3) is 0.421. The summed E-state index contributed by atoms with van der Waals surface area (Å²) in [7, 11) is 1.56. The molecule has 2 aromatic rings. The molecule has 1 heterocycles. The summed E-state index contributed by atoms with van der Waals surface area (Å²) in [5.74, 6) is -0.136. The number of para-hydroxylation sites is 1. The molecular weight excluding hydrogens is 318 g/mol. The molecule has 3 rings (SSSR count). The van der Waals surface area contributed by atoms with Crippen molar-refractivity contribution in [1.82, 2.24) is 15.6 Å². The first-order chi connectivity index (χ1) is 12.1. The molecule has 1 aromatic carbocycles. The van der Waals surface area contributed by atoms with Gasteiger partial charge in [-0.05, 0) is 36.5 Å². The fourth-order valence-electron chi connectivity index (χ4n) is 3.23. The van der Waals surface area contributed by atoms with Crippen molar-refractivity contribution in [3.05, 3.63) is 42.1 Å². The van der Waals surface area contributed by atoms with E-state index in [2.05, 4.69) is 15.6 Å². The largest absolute Gasteiger partial charge is 0.393 e. The fourth-order valence-corrected chi connectivity index (χ4v) is 3.23. The van der Waals surface area contributed by atoms with Gasteiger partial charge in [0.1, 0.15) is 0 Å². The van der Waals surface area contributed by atoms with Crippen molar-refractivity contribution in [2.75, 3.05) is 7.05 Å². The molecule has 1 atom stereocenters. The zero-order valence-corrected chi connectivity index (χ0v) is 14.2. The standard InChI is InChI=1S/C19H23N3O3/c1-20-17(24)6-7-18(25)22-19(13-9-15(23)10-13)14-8-12-4-2-3-5-16(12)21-11-14/h2-5,8,11,13,15,19,23H,6-7,9-10H2,1H3,(H,20,24)(H,22,25). The monoisotopic (exact) mass is 341 g/mol. The number of carbonyl (C=O) groups excluding carboxylic acids is 2. The highest BCUT2D eigenvalue weighted by molar-refractivity contribution is 5.84. The number of benzene rings is 1. The Hall–Kier alpha value is -2.47. The van der Waals surface area contributed by atoms with E-state index < -0.39 is 0 Å². The molecule has 1 aliphatic carbocycles. The maximum absolute atomic E-state index is 12.3. The van der Waals surface area contributed by atoms with Crippen LogP contribution in [0.3, 0.4) is 0 Å². The first-order valence-corrected chi connectivity index (χ1v) is 8.59. The zero-order valence-electron chi connectivity index (χ0n) is 14.2. The number of nitrogens with one attached hydrogen (secondary N) is 2. The molecule has 3 N–H and O–H groups in total. The minimum Gasteiger partial charge on any atom is -0.393 e. The van der Waals surface area contributed by atoms with Gasteiger partial charge in [0, 0.05) is 31.5 Å². The quantitative estimate of drug-likeness (QED) is 0.746. The summed E-state index contributed by atoms with van der Waals surface area (Å²) in [4.78, 5) is 28.1. The highest BCUT2D eigenvalue weighted by atomic mass is 16.3. The van der Waals surface area contributed by atoms with E-state index in [1.807, 2.05) is 30.3 Å². The SMILES string of the molecule is CNC(=O)CCC(=O)NC(c1cnc2ccccc2c1)C1CC(O)C1. The van der Waals surface area contributed by atoms with Crippen LogP contribution in [0, 0.1) is 5.92 Å². The van der Waals surface area contributed by atoms with Crippen LogP contribution < -0.4 is 10.6 Å². The number of aliphatic hydroxyl groups is 1. The van der Waals surface area contributed by atoms with Gasteiger partial charge in [-0.2, -0.15) is 0 Å². The van der Waals surface area contributed by atoms with E-state index >= 15 is 0 Å². The number of fused-ring (bicyclic) bond motifs is 1. The number of carbonyl (C=O) groups is 2. The van der Waals surface area contributed by atoms with Crippen molar-refractivity contribution in [1.29, 1.82) is 0 Å². The first kappa shape index (κ1) is 17.4. The molecule has 1 unspecified atom stereocenters. The molecule has 1 aliphatic rings. The van der Waals surface area contributed by atoms with Gasteiger partial charge in [0.2, 0.25) is 11.8 Å². The van der Waals surface area contributed by atoms with Crippen LogP contribution in [0.15, 0.2) is 36.5 Å². The van der Waals surface area contributed by atoms with E-state index in [9.17, 15) is 14.7 Å². The first-order valence-electron chi connectivity index (χ1n) is 8.59. The van der Waals surface area contributed by atoms with Gasteiger partial charge in [0.25, 0.3) is 0 Å². The van der Waals surface area contributed by atoms with E-state index in [-0.39, 0.29) is 42.7 Å². The molecular formula is C19H23N3O3. The predicted molar refractivity (Wildman–Crippen MR) is 94.7 cm³/mol. The van der Waals surface area contributed by atoms with E-state index in [1.165, 1.54) is 0 Å². The van der Waals surface area contributed by atoms with Crippen molar-refractivity contribution in [3.8, 4) is 0 Å². The molecule has 6 nitrogen and oxygen atoms in total. The van der Waals surface area contributed by atoms with Crippen molar-refractivity contribution in [3.63, 3.8) is 0 Å². The highest BCUT2D eigenvalue weighted by Crippen LogP contribution is 2.38. The van der Waals surface area contributed by atoms with Crippen molar-refractivity contribution < 1.29 is 14.7 Å². The third-order valence-corrected chi connectivity index (χ3v) is 4.77. The maximum Gasteiger partial charge on any atom is 0.221 e. The van der Waals surface area contributed by atoms with Gasteiger partial charge in [-0.3, -0.25) is 14.6 Å². The topological polar surface area (TPSA) is 91.3 Å². The summed E-state index contributed by atoms with van der Waals surface area (Å²) in [5, 5.41) is 16.2. The molecule has 1 saturated carbocycles. The predicted octanol–water partition coefficient (Wildman–Crippen LogP) is 1.69. The lowest BCUT2D eigenvalue weighted by Crippen LogP contribution is -2.41. The molecule has 1 fully saturated rings. The number of aliphatic hydroxyl groups excluding tert-OH is 1. The van der Waals surface area contributed by atoms with Gasteiger partial charge in [-0.25, -0.2) is 0 Å². The normalized spacial score (nSPS) is 20.6. The Kier molecular flexibility index (Phi) is 5.28. The average molecular weight is 341 g/mol. The lowest BCUT2D eigenvalue weighted by atomic mass is 9.75. The summed E-state index contributed by atoms with van der Waals surface area (Å²) in [5.41, 5.74) is 1.84. The van der Waals surface area contributed by atoms with Crippen molar-refractivity contribution in [2.24, 2.45) is 5.92 Å². The molecule has 0 bridgehead atoms. The van der Waals surface area contributed by atoms with Crippen LogP contribution in [0.2, 0.25) is 0 Å². The number of nitrogens with zero attached hydrogens (tertiary/aromatic N) is 1. The molecule has 6 heteroatoms. The smallest absolute Gasteiger partial charge is 0.221 e. The number of rotatable bonds is 6. The highest BCUT2D eigenvalue weighted by Gasteiger charge is 2.35. The molecule has 0 spiro atoms. The summed E-state index contributed by atoms with van der Waals surface area (Å²) < 4.78 is 0. The van der Waals surface area contributed by atoms with Crippen molar-refractivity contribution in [2.45, 2.75) is 37.8 Å². The van der Waals surface area contributed by atoms with Crippen LogP contribution in [0.5, 0.6) is 0 Å². The number of aromatic nitrogens is 1. The second-order valence-electron chi connectivity index (χ2n) is 6.57.